The largest absolute Gasteiger partial charge is 0.472 e. The Hall–Kier alpha value is 0.540. The molecule has 0 radical (unpaired) electrons. The molecule has 328 valence electrons. The van der Waals surface area contributed by atoms with Crippen molar-refractivity contribution in [2.75, 3.05) is 19.4 Å². The van der Waals surface area contributed by atoms with Gasteiger partial charge < -0.3 is 4.89 Å². The first-order valence-corrected chi connectivity index (χ1v) is 26.9. The van der Waals surface area contributed by atoms with E-state index in [1.807, 2.05) is 0 Å². The molecule has 3 atom stereocenters. The van der Waals surface area contributed by atoms with Crippen LogP contribution in [0, 0.1) is 17.3 Å². The molecule has 0 spiro atoms. The molecule has 1 N–H and O–H groups in total. The van der Waals surface area contributed by atoms with E-state index in [1.54, 1.807) is 0 Å². The normalized spacial score (nSPS) is 14.1. The molecule has 54 heavy (non-hydrogen) atoms. The van der Waals surface area contributed by atoms with Gasteiger partial charge in [0.05, 0.1) is 13.2 Å². The summed E-state index contributed by atoms with van der Waals surface area (Å²) in [5, 5.41) is 0. The molecule has 4 nitrogen and oxygen atoms in total. The van der Waals surface area contributed by atoms with E-state index in [-0.39, 0.29) is 0 Å². The van der Waals surface area contributed by atoms with E-state index in [9.17, 15) is 9.46 Å². The van der Waals surface area contributed by atoms with Crippen molar-refractivity contribution >= 4 is 17.1 Å². The standard InChI is InChI=1S/C32H67P.C16H35O4P/c1-4-7-10-22-27-32(28-23-11-8-5-2,29-24-12-9-6-3)30-25-20-18-16-14-13-15-17-19-21-26-31-33;1-5-9-11-15(7-3)13-19-21(17,18)20-14-16(8-4)12-10-6-2/h4-31,33H2,1-3H3;15-16H,5-14H2,1-4H3,(H,17,18). The van der Waals surface area contributed by atoms with Crippen molar-refractivity contribution in [1.29, 1.82) is 0 Å². The molecule has 0 heterocycles. The molecule has 0 bridgehead atoms. The molecule has 0 rings (SSSR count). The molecule has 6 heteroatoms. The zero-order valence-corrected chi connectivity index (χ0v) is 40.3. The highest BCUT2D eigenvalue weighted by Crippen LogP contribution is 2.45. The topological polar surface area (TPSA) is 55.8 Å². The van der Waals surface area contributed by atoms with E-state index in [0.29, 0.717) is 30.5 Å². The van der Waals surface area contributed by atoms with Gasteiger partial charge in [-0.3, -0.25) is 9.05 Å². The van der Waals surface area contributed by atoms with Crippen molar-refractivity contribution in [2.45, 2.75) is 273 Å². The van der Waals surface area contributed by atoms with Crippen molar-refractivity contribution in [3.63, 3.8) is 0 Å². The average molecular weight is 805 g/mol. The maximum atomic E-state index is 11.9. The molecule has 0 amide bonds. The van der Waals surface area contributed by atoms with Crippen LogP contribution >= 0.6 is 17.1 Å². The second kappa shape index (κ2) is 43.1. The van der Waals surface area contributed by atoms with Crippen LogP contribution in [0.2, 0.25) is 0 Å². The zero-order valence-electron chi connectivity index (χ0n) is 38.2. The maximum absolute atomic E-state index is 11.9. The Balaban J connectivity index is 0. The van der Waals surface area contributed by atoms with Crippen molar-refractivity contribution in [1.82, 2.24) is 0 Å². The smallest absolute Gasteiger partial charge is 0.302 e. The fourth-order valence-corrected chi connectivity index (χ4v) is 9.16. The SMILES string of the molecule is CCCCC(CC)COP(=O)(O)OCC(CC)CCCC.CCCCCCC(CCCCCC)(CCCCCC)CCCCCCCCCCCCCP. The van der Waals surface area contributed by atoms with Gasteiger partial charge in [-0.1, -0.05) is 228 Å². The fourth-order valence-electron chi connectivity index (χ4n) is 8.00. The lowest BCUT2D eigenvalue weighted by Crippen LogP contribution is -2.21. The minimum atomic E-state index is -3.89. The third kappa shape index (κ3) is 38.1. The summed E-state index contributed by atoms with van der Waals surface area (Å²) in [6.07, 6.45) is 49.5. The van der Waals surface area contributed by atoms with Gasteiger partial charge in [-0.05, 0) is 68.4 Å². The quantitative estimate of drug-likeness (QED) is 0.0493. The molecule has 0 aromatic rings. The molecular formula is C48H102O4P2. The Morgan fingerprint density at radius 3 is 1.00 bits per heavy atom. The first-order chi connectivity index (χ1) is 26.2. The van der Waals surface area contributed by atoms with Crippen LogP contribution in [0.15, 0.2) is 0 Å². The molecule has 0 fully saturated rings. The van der Waals surface area contributed by atoms with Gasteiger partial charge in [0.15, 0.2) is 0 Å². The fraction of sp³-hybridized carbons (Fsp3) is 1.00. The van der Waals surface area contributed by atoms with E-state index in [0.717, 1.165) is 51.4 Å². The van der Waals surface area contributed by atoms with Gasteiger partial charge in [0, 0.05) is 0 Å². The van der Waals surface area contributed by atoms with Gasteiger partial charge in [0.1, 0.15) is 0 Å². The summed E-state index contributed by atoms with van der Waals surface area (Å²) in [5.41, 5.74) is 0.687. The van der Waals surface area contributed by atoms with Crippen LogP contribution in [0.4, 0.5) is 0 Å². The summed E-state index contributed by atoms with van der Waals surface area (Å²) in [5.74, 6) is 0.687. The second-order valence-corrected chi connectivity index (χ2v) is 19.3. The average Bonchev–Trinajstić information content (AvgIpc) is 3.17. The number of phosphoric ester groups is 1. The van der Waals surface area contributed by atoms with Gasteiger partial charge in [-0.15, -0.1) is 9.24 Å². The second-order valence-electron chi connectivity index (χ2n) is 17.3. The highest BCUT2D eigenvalue weighted by molar-refractivity contribution is 7.47. The summed E-state index contributed by atoms with van der Waals surface area (Å²) in [6, 6.07) is 0. The van der Waals surface area contributed by atoms with E-state index in [2.05, 4.69) is 57.7 Å². The Bertz CT molecular complexity index is 708. The first-order valence-electron chi connectivity index (χ1n) is 24.5. The molecule has 0 aliphatic carbocycles. The summed E-state index contributed by atoms with van der Waals surface area (Å²) in [4.78, 5) is 9.77. The lowest BCUT2D eigenvalue weighted by molar-refractivity contribution is 0.110. The number of unbranched alkanes of at least 4 members (excludes halogenated alkanes) is 21. The van der Waals surface area contributed by atoms with Crippen LogP contribution in [-0.2, 0) is 13.6 Å². The lowest BCUT2D eigenvalue weighted by atomic mass is 9.70. The molecule has 0 aliphatic heterocycles. The van der Waals surface area contributed by atoms with Crippen LogP contribution in [0.5, 0.6) is 0 Å². The molecule has 0 aromatic heterocycles. The Morgan fingerprint density at radius 1 is 0.444 bits per heavy atom. The lowest BCUT2D eigenvalue weighted by Gasteiger charge is -2.35. The molecule has 3 unspecified atom stereocenters. The third-order valence-corrected chi connectivity index (χ3v) is 13.5. The van der Waals surface area contributed by atoms with Gasteiger partial charge >= 0.3 is 7.82 Å². The monoisotopic (exact) mass is 805 g/mol. The minimum Gasteiger partial charge on any atom is -0.302 e. The Labute approximate surface area is 344 Å². The van der Waals surface area contributed by atoms with Crippen molar-refractivity contribution in [3.8, 4) is 0 Å². The summed E-state index contributed by atoms with van der Waals surface area (Å²) in [7, 11) is -1.03. The predicted octanol–water partition coefficient (Wildman–Crippen LogP) is 18.0. The molecule has 0 aliphatic rings. The predicted molar refractivity (Wildman–Crippen MR) is 247 cm³/mol. The molecule has 0 aromatic carbocycles. The van der Waals surface area contributed by atoms with Crippen LogP contribution in [0.25, 0.3) is 0 Å². The zero-order chi connectivity index (χ0) is 40.4. The summed E-state index contributed by atoms with van der Waals surface area (Å²) in [6.45, 7) is 16.2. The van der Waals surface area contributed by atoms with Gasteiger partial charge in [0.25, 0.3) is 0 Å². The minimum absolute atomic E-state index is 0.316. The van der Waals surface area contributed by atoms with E-state index >= 15 is 0 Å². The van der Waals surface area contributed by atoms with Crippen molar-refractivity contribution < 1.29 is 18.5 Å². The number of hydrogen-bond donors (Lipinski definition) is 1. The third-order valence-electron chi connectivity index (χ3n) is 12.1. The van der Waals surface area contributed by atoms with Crippen LogP contribution in [0.1, 0.15) is 273 Å². The number of hydrogen-bond acceptors (Lipinski definition) is 3. The van der Waals surface area contributed by atoms with E-state index < -0.39 is 7.82 Å². The van der Waals surface area contributed by atoms with Crippen LogP contribution in [0.3, 0.4) is 0 Å². The first kappa shape index (κ1) is 56.6. The van der Waals surface area contributed by atoms with Gasteiger partial charge in [-0.25, -0.2) is 4.57 Å². The Morgan fingerprint density at radius 2 is 0.722 bits per heavy atom. The summed E-state index contributed by atoms with van der Waals surface area (Å²) >= 11 is 0. The Kier molecular flexibility index (Phi) is 45.2. The number of phosphoric acid groups is 1. The van der Waals surface area contributed by atoms with Crippen molar-refractivity contribution in [2.24, 2.45) is 17.3 Å². The van der Waals surface area contributed by atoms with Gasteiger partial charge in [-0.2, -0.15) is 0 Å². The molecular weight excluding hydrogens is 702 g/mol. The van der Waals surface area contributed by atoms with Crippen LogP contribution in [-0.4, -0.2) is 24.3 Å². The van der Waals surface area contributed by atoms with Crippen LogP contribution < -0.4 is 0 Å². The van der Waals surface area contributed by atoms with Gasteiger partial charge in [0.2, 0.25) is 0 Å². The van der Waals surface area contributed by atoms with E-state index in [1.165, 1.54) is 180 Å². The van der Waals surface area contributed by atoms with E-state index in [4.69, 9.17) is 9.05 Å². The van der Waals surface area contributed by atoms with Crippen molar-refractivity contribution in [3.05, 3.63) is 0 Å². The number of rotatable bonds is 42. The maximum Gasteiger partial charge on any atom is 0.472 e. The highest BCUT2D eigenvalue weighted by Gasteiger charge is 2.28. The molecule has 0 saturated heterocycles. The summed E-state index contributed by atoms with van der Waals surface area (Å²) < 4.78 is 22.2. The molecule has 0 saturated carbocycles. The highest BCUT2D eigenvalue weighted by atomic mass is 31.2.